The summed E-state index contributed by atoms with van der Waals surface area (Å²) in [5.41, 5.74) is 2.10. The average molecular weight is 376 g/mol. The van der Waals surface area contributed by atoms with Crippen LogP contribution < -0.4 is 10.2 Å². The average Bonchev–Trinajstić information content (AvgIpc) is 2.55. The van der Waals surface area contributed by atoms with Gasteiger partial charge in [-0.1, -0.05) is 12.1 Å². The van der Waals surface area contributed by atoms with Crippen molar-refractivity contribution in [1.82, 2.24) is 10.2 Å². The molecule has 1 aliphatic rings. The lowest BCUT2D eigenvalue weighted by Gasteiger charge is -2.35. The lowest BCUT2D eigenvalue weighted by molar-refractivity contribution is 0.172. The number of piperazine rings is 1. The van der Waals surface area contributed by atoms with Gasteiger partial charge < -0.3 is 15.3 Å². The molecule has 1 aromatic rings. The first-order valence-corrected chi connectivity index (χ1v) is 8.34. The van der Waals surface area contributed by atoms with E-state index in [1.165, 1.54) is 0 Å². The fraction of sp³-hybridized carbons (Fsp3) is 0.556. The number of phenolic OH excluding ortho intramolecular Hbond substituents is 1. The first kappa shape index (κ1) is 23.1. The van der Waals surface area contributed by atoms with Crippen molar-refractivity contribution in [2.75, 3.05) is 44.2 Å². The van der Waals surface area contributed by atoms with Crippen LogP contribution in [0.4, 0.5) is 5.69 Å². The van der Waals surface area contributed by atoms with Gasteiger partial charge in [-0.25, -0.2) is 0 Å². The van der Waals surface area contributed by atoms with Gasteiger partial charge >= 0.3 is 0 Å². The number of nitrogens with zero attached hydrogens (tertiary/aromatic N) is 2. The molecule has 1 fully saturated rings. The molecule has 1 saturated heterocycles. The summed E-state index contributed by atoms with van der Waals surface area (Å²) in [6.45, 7) is 14.1. The van der Waals surface area contributed by atoms with Crippen molar-refractivity contribution >= 4 is 30.5 Å². The number of anilines is 1. The minimum atomic E-state index is 0. The Labute approximate surface area is 158 Å². The third kappa shape index (κ3) is 5.55. The lowest BCUT2D eigenvalue weighted by atomic mass is 9.99. The highest BCUT2D eigenvalue weighted by Gasteiger charge is 2.23. The zero-order valence-electron chi connectivity index (χ0n) is 14.7. The molecule has 138 valence electrons. The molecule has 0 radical (unpaired) electrons. The molecular formula is C18H31Cl2N3O. The van der Waals surface area contributed by atoms with Crippen LogP contribution in [0.15, 0.2) is 30.9 Å². The normalized spacial score (nSPS) is 15.8. The van der Waals surface area contributed by atoms with Crippen LogP contribution >= 0.6 is 24.8 Å². The Morgan fingerprint density at radius 2 is 1.88 bits per heavy atom. The van der Waals surface area contributed by atoms with Gasteiger partial charge in [0.2, 0.25) is 0 Å². The van der Waals surface area contributed by atoms with Crippen LogP contribution in [0.2, 0.25) is 0 Å². The molecular weight excluding hydrogens is 345 g/mol. The van der Waals surface area contributed by atoms with Crippen molar-refractivity contribution in [1.29, 1.82) is 0 Å². The largest absolute Gasteiger partial charge is 0.508 e. The first-order chi connectivity index (χ1) is 10.7. The van der Waals surface area contributed by atoms with Crippen LogP contribution in [0.3, 0.4) is 0 Å². The molecule has 0 amide bonds. The molecule has 6 heteroatoms. The van der Waals surface area contributed by atoms with Crippen molar-refractivity contribution in [2.24, 2.45) is 0 Å². The Kier molecular flexibility index (Phi) is 11.1. The monoisotopic (exact) mass is 375 g/mol. The van der Waals surface area contributed by atoms with Gasteiger partial charge in [0.05, 0.1) is 0 Å². The van der Waals surface area contributed by atoms with Gasteiger partial charge in [0.15, 0.2) is 0 Å². The van der Waals surface area contributed by atoms with Crippen LogP contribution in [-0.4, -0.2) is 49.3 Å². The minimum absolute atomic E-state index is 0. The van der Waals surface area contributed by atoms with Gasteiger partial charge in [-0.15, -0.1) is 31.4 Å². The molecule has 0 bridgehead atoms. The molecule has 1 atom stereocenters. The molecule has 0 unspecified atom stereocenters. The quantitative estimate of drug-likeness (QED) is 0.714. The second-order valence-electron chi connectivity index (χ2n) is 5.74. The van der Waals surface area contributed by atoms with E-state index in [2.05, 4.69) is 47.7 Å². The molecule has 4 nitrogen and oxygen atoms in total. The molecule has 24 heavy (non-hydrogen) atoms. The Morgan fingerprint density at radius 3 is 2.38 bits per heavy atom. The highest BCUT2D eigenvalue weighted by atomic mass is 35.5. The second-order valence-corrected chi connectivity index (χ2v) is 5.74. The van der Waals surface area contributed by atoms with Gasteiger partial charge in [0.1, 0.15) is 5.75 Å². The van der Waals surface area contributed by atoms with E-state index in [0.29, 0.717) is 5.75 Å². The summed E-state index contributed by atoms with van der Waals surface area (Å²) in [7, 11) is 0. The Bertz CT molecular complexity index is 489. The summed E-state index contributed by atoms with van der Waals surface area (Å²) in [6.07, 6.45) is 2.81. The van der Waals surface area contributed by atoms with E-state index >= 15 is 0 Å². The predicted octanol–water partition coefficient (Wildman–Crippen LogP) is 3.60. The van der Waals surface area contributed by atoms with Gasteiger partial charge in [0.25, 0.3) is 0 Å². The molecule has 1 heterocycles. The summed E-state index contributed by atoms with van der Waals surface area (Å²) < 4.78 is 0. The third-order valence-corrected chi connectivity index (χ3v) is 4.48. The fourth-order valence-electron chi connectivity index (χ4n) is 3.22. The van der Waals surface area contributed by atoms with Crippen LogP contribution in [0.25, 0.3) is 0 Å². The smallest absolute Gasteiger partial charge is 0.122 e. The van der Waals surface area contributed by atoms with E-state index in [4.69, 9.17) is 0 Å². The molecule has 0 aromatic heterocycles. The summed E-state index contributed by atoms with van der Waals surface area (Å²) in [4.78, 5) is 4.68. The number of halogens is 2. The van der Waals surface area contributed by atoms with E-state index in [-0.39, 0.29) is 30.9 Å². The van der Waals surface area contributed by atoms with Crippen molar-refractivity contribution in [3.8, 4) is 5.75 Å². The van der Waals surface area contributed by atoms with E-state index < -0.39 is 0 Å². The van der Waals surface area contributed by atoms with Gasteiger partial charge in [-0.3, -0.25) is 4.90 Å². The third-order valence-electron chi connectivity index (χ3n) is 4.48. The Balaban J connectivity index is 0.00000264. The molecule has 0 spiro atoms. The SMILES string of the molecule is C=CC[C@H](c1ccc(N(CC)CC)cc1O)N1CCNCC1.Cl.Cl. The molecule has 1 aromatic carbocycles. The zero-order chi connectivity index (χ0) is 15.9. The number of hydrogen-bond acceptors (Lipinski definition) is 4. The molecule has 0 saturated carbocycles. The summed E-state index contributed by atoms with van der Waals surface area (Å²) in [6, 6.07) is 6.32. The Hall–Kier alpha value is -0.940. The number of phenols is 1. The second kappa shape index (κ2) is 11.6. The summed E-state index contributed by atoms with van der Waals surface area (Å²) >= 11 is 0. The summed E-state index contributed by atoms with van der Waals surface area (Å²) in [5, 5.41) is 13.9. The number of rotatable bonds is 7. The van der Waals surface area contributed by atoms with Crippen molar-refractivity contribution < 1.29 is 5.11 Å². The van der Waals surface area contributed by atoms with Crippen molar-refractivity contribution in [2.45, 2.75) is 26.3 Å². The zero-order valence-corrected chi connectivity index (χ0v) is 16.3. The standard InChI is InChI=1S/C18H29N3O.2ClH/c1-4-7-17(21-12-10-19-11-13-21)16-9-8-15(14-18(16)22)20(5-2)6-3;;/h4,8-9,14,17,19,22H,1,5-7,10-13H2,2-3H3;2*1H/t17-;;/m1../s1. The van der Waals surface area contributed by atoms with E-state index in [1.807, 2.05) is 12.1 Å². The molecule has 0 aliphatic carbocycles. The molecule has 2 N–H and O–H groups in total. The van der Waals surface area contributed by atoms with Crippen LogP contribution in [0.5, 0.6) is 5.75 Å². The predicted molar refractivity (Wildman–Crippen MR) is 108 cm³/mol. The van der Waals surface area contributed by atoms with Gasteiger partial charge in [-0.05, 0) is 26.3 Å². The Morgan fingerprint density at radius 1 is 1.25 bits per heavy atom. The van der Waals surface area contributed by atoms with Crippen molar-refractivity contribution in [3.63, 3.8) is 0 Å². The highest BCUT2D eigenvalue weighted by Crippen LogP contribution is 2.34. The minimum Gasteiger partial charge on any atom is -0.508 e. The maximum atomic E-state index is 10.6. The maximum Gasteiger partial charge on any atom is 0.122 e. The van der Waals surface area contributed by atoms with Crippen LogP contribution in [0, 0.1) is 0 Å². The maximum absolute atomic E-state index is 10.6. The number of aromatic hydroxyl groups is 1. The highest BCUT2D eigenvalue weighted by molar-refractivity contribution is 5.85. The van der Waals surface area contributed by atoms with E-state index in [1.54, 1.807) is 0 Å². The van der Waals surface area contributed by atoms with Crippen LogP contribution in [0.1, 0.15) is 31.9 Å². The summed E-state index contributed by atoms with van der Waals surface area (Å²) in [5.74, 6) is 0.398. The molecule has 1 aliphatic heterocycles. The van der Waals surface area contributed by atoms with Gasteiger partial charge in [0, 0.05) is 62.6 Å². The fourth-order valence-corrected chi connectivity index (χ4v) is 3.22. The number of nitrogens with one attached hydrogen (secondary N) is 1. The molecule has 2 rings (SSSR count). The first-order valence-electron chi connectivity index (χ1n) is 8.34. The van der Waals surface area contributed by atoms with Crippen LogP contribution in [-0.2, 0) is 0 Å². The lowest BCUT2D eigenvalue weighted by Crippen LogP contribution is -2.45. The van der Waals surface area contributed by atoms with E-state index in [9.17, 15) is 5.11 Å². The number of benzene rings is 1. The number of hydrogen-bond donors (Lipinski definition) is 2. The van der Waals surface area contributed by atoms with Crippen molar-refractivity contribution in [3.05, 3.63) is 36.4 Å². The van der Waals surface area contributed by atoms with E-state index in [0.717, 1.165) is 56.9 Å². The topological polar surface area (TPSA) is 38.7 Å². The van der Waals surface area contributed by atoms with Gasteiger partial charge in [-0.2, -0.15) is 0 Å².